The Morgan fingerprint density at radius 3 is 2.05 bits per heavy atom. The van der Waals surface area contributed by atoms with Crippen LogP contribution in [0, 0.1) is 0 Å². The van der Waals surface area contributed by atoms with Crippen LogP contribution < -0.4 is 0 Å². The third-order valence-corrected chi connectivity index (χ3v) is 8.44. The molecule has 0 rings (SSSR count). The summed E-state index contributed by atoms with van der Waals surface area (Å²) in [6, 6.07) is 0. The average molecular weight is 328 g/mol. The first-order chi connectivity index (χ1) is 10.3. The lowest BCUT2D eigenvalue weighted by molar-refractivity contribution is -0.139. The van der Waals surface area contributed by atoms with Crippen molar-refractivity contribution < 1.29 is 28.3 Å². The maximum atomic E-state index is 11.9. The van der Waals surface area contributed by atoms with Gasteiger partial charge in [0.05, 0.1) is 26.9 Å². The fourth-order valence-corrected chi connectivity index (χ4v) is 6.29. The molecule has 7 nitrogen and oxygen atoms in total. The van der Waals surface area contributed by atoms with Crippen LogP contribution in [-0.4, -0.2) is 44.6 Å². The molecule has 0 aromatic rings. The lowest BCUT2D eigenvalue weighted by atomic mass is 10.4. The summed E-state index contributed by atoms with van der Waals surface area (Å²) in [5.41, 5.74) is 9.18. The maximum absolute atomic E-state index is 11.9. The number of ether oxygens (including phenoxy) is 2. The highest BCUT2D eigenvalue weighted by Gasteiger charge is 2.59. The molecular weight excluding hydrogens is 304 g/mol. The lowest BCUT2D eigenvalue weighted by Crippen LogP contribution is -2.56. The van der Waals surface area contributed by atoms with Gasteiger partial charge < -0.3 is 19.4 Å². The zero-order chi connectivity index (χ0) is 17.3. The van der Waals surface area contributed by atoms with Crippen molar-refractivity contribution >= 4 is 25.6 Å². The number of rotatable bonds is 8. The molecule has 0 heterocycles. The van der Waals surface area contributed by atoms with Gasteiger partial charge in [-0.15, -0.1) is 0 Å². The number of methoxy groups -OCH3 is 2. The third-order valence-electron chi connectivity index (χ3n) is 3.44. The SMILES string of the molecule is COC(=O)C/C=C\O[Si](C(=[N+]=[N-])C(=O)OC)(C(C)C)C(C)C. The Bertz CT molecular complexity index is 474. The highest BCUT2D eigenvalue weighted by molar-refractivity contribution is 7.11. The molecule has 22 heavy (non-hydrogen) atoms. The van der Waals surface area contributed by atoms with Gasteiger partial charge in [-0.25, -0.2) is 4.79 Å². The molecule has 0 radical (unpaired) electrons. The third kappa shape index (κ3) is 4.54. The van der Waals surface area contributed by atoms with Gasteiger partial charge >= 0.3 is 25.6 Å². The largest absolute Gasteiger partial charge is 0.537 e. The quantitative estimate of drug-likeness (QED) is 0.170. The molecule has 0 aliphatic heterocycles. The van der Waals surface area contributed by atoms with Crippen molar-refractivity contribution in [1.82, 2.24) is 0 Å². The number of carbonyl (C=O) groups excluding carboxylic acids is 2. The van der Waals surface area contributed by atoms with Crippen LogP contribution in [0.25, 0.3) is 5.53 Å². The molecule has 0 aromatic heterocycles. The normalized spacial score (nSPS) is 11.5. The van der Waals surface area contributed by atoms with Gasteiger partial charge in [-0.2, -0.15) is 4.79 Å². The van der Waals surface area contributed by atoms with Gasteiger partial charge in [0.1, 0.15) is 0 Å². The fourth-order valence-electron chi connectivity index (χ4n) is 2.31. The van der Waals surface area contributed by atoms with Crippen molar-refractivity contribution in [3.05, 3.63) is 17.9 Å². The smallest absolute Gasteiger partial charge is 0.414 e. The summed E-state index contributed by atoms with van der Waals surface area (Å²) in [6.07, 6.45) is 2.93. The Morgan fingerprint density at radius 1 is 1.14 bits per heavy atom. The lowest BCUT2D eigenvalue weighted by Gasteiger charge is -2.31. The van der Waals surface area contributed by atoms with Gasteiger partial charge in [0.2, 0.25) is 0 Å². The Balaban J connectivity index is 5.58. The zero-order valence-electron chi connectivity index (χ0n) is 14.0. The van der Waals surface area contributed by atoms with E-state index in [-0.39, 0.29) is 22.8 Å². The first-order valence-corrected chi connectivity index (χ1v) is 9.04. The highest BCUT2D eigenvalue weighted by atomic mass is 28.4. The van der Waals surface area contributed by atoms with Gasteiger partial charge in [-0.1, -0.05) is 27.7 Å². The number of carbonyl (C=O) groups is 2. The molecule has 0 saturated carbocycles. The molecule has 0 aromatic carbocycles. The Morgan fingerprint density at radius 2 is 1.68 bits per heavy atom. The van der Waals surface area contributed by atoms with Gasteiger partial charge in [0.25, 0.3) is 0 Å². The van der Waals surface area contributed by atoms with E-state index >= 15 is 0 Å². The Hall–Kier alpha value is -1.92. The molecule has 0 bridgehead atoms. The topological polar surface area (TPSA) is 98.2 Å². The van der Waals surface area contributed by atoms with Crippen molar-refractivity contribution in [1.29, 1.82) is 0 Å². The number of hydrogen-bond donors (Lipinski definition) is 0. The van der Waals surface area contributed by atoms with E-state index in [4.69, 9.17) is 9.16 Å². The van der Waals surface area contributed by atoms with Crippen LogP contribution in [0.2, 0.25) is 11.1 Å². The summed E-state index contributed by atoms with van der Waals surface area (Å²) in [6.45, 7) is 7.59. The second-order valence-corrected chi connectivity index (χ2v) is 9.92. The van der Waals surface area contributed by atoms with Crippen molar-refractivity contribution in [2.45, 2.75) is 45.2 Å². The molecule has 0 amide bonds. The van der Waals surface area contributed by atoms with Crippen molar-refractivity contribution in [2.24, 2.45) is 0 Å². The summed E-state index contributed by atoms with van der Waals surface area (Å²) >= 11 is 0. The van der Waals surface area contributed by atoms with E-state index in [1.54, 1.807) is 0 Å². The molecular formula is C14H24N2O5Si. The van der Waals surface area contributed by atoms with Crippen LogP contribution in [0.15, 0.2) is 12.3 Å². The summed E-state index contributed by atoms with van der Waals surface area (Å²) in [7, 11) is -0.439. The second-order valence-electron chi connectivity index (χ2n) is 5.31. The minimum atomic E-state index is -2.96. The standard InChI is InChI=1S/C14H24N2O5Si/c1-10(2)22(11(3)4,13(16-15)14(18)20-6)21-9-7-8-12(17)19-5/h7,9-11H,8H2,1-6H3/b9-7-. The van der Waals surface area contributed by atoms with E-state index in [9.17, 15) is 15.1 Å². The van der Waals surface area contributed by atoms with Gasteiger partial charge in [0.15, 0.2) is 0 Å². The van der Waals surface area contributed by atoms with Crippen molar-refractivity contribution in [3.8, 4) is 0 Å². The summed E-state index contributed by atoms with van der Waals surface area (Å²) in [5, 5.41) is -0.0808. The molecule has 0 atom stereocenters. The minimum Gasteiger partial charge on any atom is -0.537 e. The van der Waals surface area contributed by atoms with E-state index in [2.05, 4.69) is 9.53 Å². The van der Waals surface area contributed by atoms with E-state index < -0.39 is 20.3 Å². The summed E-state index contributed by atoms with van der Waals surface area (Å²) < 4.78 is 15.1. The van der Waals surface area contributed by atoms with Crippen LogP contribution >= 0.6 is 0 Å². The minimum absolute atomic E-state index is 0.0553. The molecule has 124 valence electrons. The van der Waals surface area contributed by atoms with Gasteiger partial charge in [-0.05, 0) is 17.2 Å². The first-order valence-electron chi connectivity index (χ1n) is 6.98. The van der Waals surface area contributed by atoms with Gasteiger partial charge in [-0.3, -0.25) is 4.79 Å². The number of esters is 2. The number of nitrogens with zero attached hydrogens (tertiary/aromatic N) is 2. The van der Waals surface area contributed by atoms with E-state index in [0.29, 0.717) is 0 Å². The van der Waals surface area contributed by atoms with E-state index in [0.717, 1.165) is 0 Å². The molecule has 8 heteroatoms. The first kappa shape index (κ1) is 20.1. The Kier molecular flexibility index (Phi) is 8.37. The molecule has 0 N–H and O–H groups in total. The monoisotopic (exact) mass is 328 g/mol. The van der Waals surface area contributed by atoms with Crippen LogP contribution in [0.3, 0.4) is 0 Å². The molecule has 0 fully saturated rings. The molecule has 0 spiro atoms. The molecule has 0 aliphatic carbocycles. The van der Waals surface area contributed by atoms with Crippen molar-refractivity contribution in [3.63, 3.8) is 0 Å². The van der Waals surface area contributed by atoms with E-state index in [1.165, 1.54) is 26.6 Å². The van der Waals surface area contributed by atoms with Crippen LogP contribution in [0.5, 0.6) is 0 Å². The zero-order valence-corrected chi connectivity index (χ0v) is 15.0. The predicted octanol–water partition coefficient (Wildman–Crippen LogP) is 2.23. The van der Waals surface area contributed by atoms with Gasteiger partial charge in [0, 0.05) is 0 Å². The van der Waals surface area contributed by atoms with Crippen LogP contribution in [0.1, 0.15) is 34.1 Å². The molecule has 0 aliphatic rings. The predicted molar refractivity (Wildman–Crippen MR) is 83.5 cm³/mol. The Labute approximate surface area is 132 Å². The summed E-state index contributed by atoms with van der Waals surface area (Å²) in [4.78, 5) is 26.2. The average Bonchev–Trinajstić information content (AvgIpc) is 2.48. The van der Waals surface area contributed by atoms with E-state index in [1.807, 2.05) is 27.7 Å². The molecule has 0 saturated heterocycles. The van der Waals surface area contributed by atoms with Crippen molar-refractivity contribution in [2.75, 3.05) is 14.2 Å². The summed E-state index contributed by atoms with van der Waals surface area (Å²) in [5.74, 6) is -1.11. The maximum Gasteiger partial charge on any atom is 0.414 e. The second kappa shape index (κ2) is 9.17. The highest BCUT2D eigenvalue weighted by Crippen LogP contribution is 2.35. The van der Waals surface area contributed by atoms with Crippen LogP contribution in [0.4, 0.5) is 0 Å². The fraction of sp³-hybridized carbons (Fsp3) is 0.643. The van der Waals surface area contributed by atoms with Crippen LogP contribution in [-0.2, 0) is 23.5 Å². The molecule has 0 unspecified atom stereocenters. The number of hydrogen-bond acceptors (Lipinski definition) is 5.